The molecule has 3 unspecified atom stereocenters. The van der Waals surface area contributed by atoms with Crippen molar-refractivity contribution in [3.63, 3.8) is 0 Å². The summed E-state index contributed by atoms with van der Waals surface area (Å²) in [6.07, 6.45) is -0.0841. The molecule has 1 aliphatic heterocycles. The zero-order valence-corrected chi connectivity index (χ0v) is 26.6. The number of halogens is 3. The number of ether oxygens (including phenoxy) is 2. The van der Waals surface area contributed by atoms with E-state index in [4.69, 9.17) is 44.3 Å². The fraction of sp³-hybridized carbons (Fsp3) is 0.286. The first-order valence-electron chi connectivity index (χ1n) is 14.5. The Labute approximate surface area is 273 Å². The predicted molar refractivity (Wildman–Crippen MR) is 175 cm³/mol. The van der Waals surface area contributed by atoms with Gasteiger partial charge in [0.15, 0.2) is 6.29 Å². The van der Waals surface area contributed by atoms with E-state index in [0.717, 1.165) is 46.5 Å². The molecule has 4 aromatic rings. The molecule has 1 aliphatic rings. The van der Waals surface area contributed by atoms with Crippen LogP contribution in [0.3, 0.4) is 0 Å². The van der Waals surface area contributed by atoms with Crippen molar-refractivity contribution in [2.24, 2.45) is 0 Å². The summed E-state index contributed by atoms with van der Waals surface area (Å²) >= 11 is 17.2. The summed E-state index contributed by atoms with van der Waals surface area (Å²) in [5.41, 5.74) is 6.88. The number of likely N-dealkylation sites (N-methyl/N-ethyl adjacent to an activating group) is 1. The molecule has 0 aliphatic carbocycles. The van der Waals surface area contributed by atoms with Crippen molar-refractivity contribution < 1.29 is 19.4 Å². The highest BCUT2D eigenvalue weighted by Crippen LogP contribution is 2.39. The van der Waals surface area contributed by atoms with Crippen LogP contribution in [0.25, 0.3) is 11.1 Å². The van der Waals surface area contributed by atoms with Crippen LogP contribution in [-0.2, 0) is 34.0 Å². The molecule has 0 spiro atoms. The monoisotopic (exact) mass is 652 g/mol. The van der Waals surface area contributed by atoms with Gasteiger partial charge in [-0.15, -0.1) is 0 Å². The molecule has 0 bridgehead atoms. The van der Waals surface area contributed by atoms with E-state index in [1.54, 1.807) is 0 Å². The van der Waals surface area contributed by atoms with E-state index in [2.05, 4.69) is 41.5 Å². The number of hydrogen-bond donors (Lipinski definition) is 2. The van der Waals surface area contributed by atoms with Crippen LogP contribution < -0.4 is 5.32 Å². The lowest BCUT2D eigenvalue weighted by Crippen LogP contribution is -2.37. The maximum atomic E-state index is 12.1. The minimum Gasteiger partial charge on any atom is -0.392 e. The van der Waals surface area contributed by atoms with Gasteiger partial charge in [-0.2, -0.15) is 0 Å². The van der Waals surface area contributed by atoms with Gasteiger partial charge in [-0.25, -0.2) is 0 Å². The Morgan fingerprint density at radius 3 is 2.20 bits per heavy atom. The zero-order valence-electron chi connectivity index (χ0n) is 24.3. The van der Waals surface area contributed by atoms with Gasteiger partial charge in [0.2, 0.25) is 0 Å². The van der Waals surface area contributed by atoms with Gasteiger partial charge in [-0.3, -0.25) is 9.69 Å². The third-order valence-electron chi connectivity index (χ3n) is 7.63. The van der Waals surface area contributed by atoms with Crippen molar-refractivity contribution in [3.8, 4) is 11.1 Å². The van der Waals surface area contributed by atoms with Crippen LogP contribution in [0, 0.1) is 0 Å². The molecule has 1 saturated heterocycles. The van der Waals surface area contributed by atoms with Crippen molar-refractivity contribution in [2.75, 3.05) is 13.6 Å². The highest BCUT2D eigenvalue weighted by atomic mass is 35.6. The highest BCUT2D eigenvalue weighted by molar-refractivity contribution is 6.76. The Kier molecular flexibility index (Phi) is 11.0. The molecule has 44 heavy (non-hydrogen) atoms. The van der Waals surface area contributed by atoms with E-state index in [-0.39, 0.29) is 25.4 Å². The number of alkyl halides is 3. The van der Waals surface area contributed by atoms with Gasteiger partial charge in [0, 0.05) is 31.6 Å². The first-order chi connectivity index (χ1) is 21.2. The summed E-state index contributed by atoms with van der Waals surface area (Å²) in [5.74, 6) is -0.677. The first kappa shape index (κ1) is 32.5. The van der Waals surface area contributed by atoms with Crippen molar-refractivity contribution in [1.29, 1.82) is 0 Å². The number of nitrogens with zero attached hydrogens (tertiary/aromatic N) is 1. The van der Waals surface area contributed by atoms with Crippen molar-refractivity contribution in [2.45, 2.75) is 48.4 Å². The van der Waals surface area contributed by atoms with Gasteiger partial charge in [0.1, 0.15) is 0 Å². The van der Waals surface area contributed by atoms with E-state index in [1.807, 2.05) is 78.9 Å². The molecule has 4 aromatic carbocycles. The van der Waals surface area contributed by atoms with E-state index in [0.29, 0.717) is 6.42 Å². The number of rotatable bonds is 10. The maximum absolute atomic E-state index is 12.1. The predicted octanol–water partition coefficient (Wildman–Crippen LogP) is 7.51. The van der Waals surface area contributed by atoms with Crippen LogP contribution in [-0.4, -0.2) is 39.4 Å². The van der Waals surface area contributed by atoms with Crippen molar-refractivity contribution >= 4 is 40.7 Å². The summed E-state index contributed by atoms with van der Waals surface area (Å²) in [6.45, 7) is 1.78. The Bertz CT molecular complexity index is 1510. The van der Waals surface area contributed by atoms with Crippen LogP contribution in [0.2, 0.25) is 0 Å². The zero-order chi connectivity index (χ0) is 31.1. The third-order valence-corrected chi connectivity index (χ3v) is 8.15. The lowest BCUT2D eigenvalue weighted by Gasteiger charge is -2.38. The molecule has 0 radical (unpaired) electrons. The van der Waals surface area contributed by atoms with Crippen molar-refractivity contribution in [1.82, 2.24) is 10.2 Å². The Morgan fingerprint density at radius 1 is 0.864 bits per heavy atom. The normalized spacial score (nSPS) is 18.7. The topological polar surface area (TPSA) is 71.0 Å². The van der Waals surface area contributed by atoms with Gasteiger partial charge >= 0.3 is 0 Å². The molecule has 9 heteroatoms. The molecule has 2 N–H and O–H groups in total. The van der Waals surface area contributed by atoms with E-state index < -0.39 is 16.0 Å². The smallest absolute Gasteiger partial charge is 0.272 e. The minimum atomic E-state index is -2.02. The number of benzene rings is 4. The van der Waals surface area contributed by atoms with E-state index in [9.17, 15) is 9.90 Å². The average molecular weight is 654 g/mol. The molecule has 3 atom stereocenters. The fourth-order valence-electron chi connectivity index (χ4n) is 5.39. The van der Waals surface area contributed by atoms with Crippen LogP contribution in [0.15, 0.2) is 103 Å². The lowest BCUT2D eigenvalue weighted by molar-refractivity contribution is -0.252. The summed E-state index contributed by atoms with van der Waals surface area (Å²) in [6, 6.07) is 34.1. The SMILES string of the molecule is CN(Cc1ccccc1)CC1CC(c2ccc(CO)cc2)OC(c2ccc(-c3ccccc3CNC(=O)C(Cl)(Cl)Cl)cc2)O1. The van der Waals surface area contributed by atoms with Gasteiger partial charge in [0.05, 0.1) is 18.8 Å². The minimum absolute atomic E-state index is 0.000795. The second-order valence-corrected chi connectivity index (χ2v) is 13.3. The van der Waals surface area contributed by atoms with Crippen LogP contribution in [0.4, 0.5) is 0 Å². The largest absolute Gasteiger partial charge is 0.392 e. The molecular weight excluding hydrogens is 619 g/mol. The van der Waals surface area contributed by atoms with E-state index >= 15 is 0 Å². The van der Waals surface area contributed by atoms with Crippen molar-refractivity contribution in [3.05, 3.63) is 131 Å². The average Bonchev–Trinajstić information content (AvgIpc) is 3.03. The first-order valence-corrected chi connectivity index (χ1v) is 15.6. The molecule has 5 rings (SSSR count). The second kappa shape index (κ2) is 14.9. The van der Waals surface area contributed by atoms with Crippen LogP contribution in [0.1, 0.15) is 46.6 Å². The molecule has 230 valence electrons. The summed E-state index contributed by atoms with van der Waals surface area (Å²) < 4.78 is 11.1. The molecular formula is C35H35Cl3N2O4. The fourth-order valence-corrected chi connectivity index (χ4v) is 5.59. The molecule has 6 nitrogen and oxygen atoms in total. The third kappa shape index (κ3) is 8.61. The number of amides is 1. The van der Waals surface area contributed by atoms with Crippen LogP contribution >= 0.6 is 34.8 Å². The number of carbonyl (C=O) groups is 1. The molecule has 1 amide bonds. The van der Waals surface area contributed by atoms with Gasteiger partial charge < -0.3 is 19.9 Å². The van der Waals surface area contributed by atoms with Gasteiger partial charge in [-0.1, -0.05) is 138 Å². The Balaban J connectivity index is 1.34. The summed E-state index contributed by atoms with van der Waals surface area (Å²) in [5, 5.41) is 12.2. The number of aliphatic hydroxyl groups is 1. The van der Waals surface area contributed by atoms with Gasteiger partial charge in [-0.05, 0) is 40.4 Å². The van der Waals surface area contributed by atoms with Gasteiger partial charge in [0.25, 0.3) is 9.70 Å². The standard InChI is InChI=1S/C35H35Cl3N2O4/c1-40(21-24-7-3-2-4-8-24)22-30-19-32(27-13-11-25(23-41)12-14-27)44-33(43-30)28-17-15-26(16-18-28)31-10-6-5-9-29(31)20-39-34(42)35(36,37)38/h2-18,30,32-33,41H,19-23H2,1H3,(H,39,42). The molecule has 1 heterocycles. The maximum Gasteiger partial charge on any atom is 0.272 e. The van der Waals surface area contributed by atoms with E-state index in [1.165, 1.54) is 5.56 Å². The Hall–Kier alpha value is -2.94. The number of aliphatic hydroxyl groups excluding tert-OH is 1. The second-order valence-electron chi connectivity index (χ2n) is 11.0. The quantitative estimate of drug-likeness (QED) is 0.173. The highest BCUT2D eigenvalue weighted by Gasteiger charge is 2.33. The molecule has 0 aromatic heterocycles. The molecule has 1 fully saturated rings. The lowest BCUT2D eigenvalue weighted by atomic mass is 9.97. The number of hydrogen-bond acceptors (Lipinski definition) is 5. The summed E-state index contributed by atoms with van der Waals surface area (Å²) in [4.78, 5) is 14.4. The number of nitrogens with one attached hydrogen (secondary N) is 1. The number of carbonyl (C=O) groups excluding carboxylic acids is 1. The Morgan fingerprint density at radius 2 is 1.52 bits per heavy atom. The summed E-state index contributed by atoms with van der Waals surface area (Å²) in [7, 11) is 2.11. The van der Waals surface area contributed by atoms with Crippen LogP contribution in [0.5, 0.6) is 0 Å². The molecule has 0 saturated carbocycles.